The van der Waals surface area contributed by atoms with Crippen LogP contribution in [0.3, 0.4) is 0 Å². The summed E-state index contributed by atoms with van der Waals surface area (Å²) in [4.78, 5) is 14.0. The Bertz CT molecular complexity index is 798. The van der Waals surface area contributed by atoms with Crippen molar-refractivity contribution in [3.63, 3.8) is 0 Å². The van der Waals surface area contributed by atoms with Gasteiger partial charge in [0.25, 0.3) is 0 Å². The Balaban J connectivity index is 1.64. The molecule has 3 rings (SSSR count). The van der Waals surface area contributed by atoms with E-state index in [-0.39, 0.29) is 11.9 Å². The van der Waals surface area contributed by atoms with E-state index in [4.69, 9.17) is 28.6 Å². The van der Waals surface area contributed by atoms with Gasteiger partial charge in [-0.25, -0.2) is 4.68 Å². The fourth-order valence-electron chi connectivity index (χ4n) is 2.89. The largest absolute Gasteiger partial charge is 0.466 e. The van der Waals surface area contributed by atoms with Gasteiger partial charge in [0.1, 0.15) is 0 Å². The molecule has 2 aromatic rings. The van der Waals surface area contributed by atoms with Crippen molar-refractivity contribution in [3.8, 4) is 5.69 Å². The molecule has 7 nitrogen and oxygen atoms in total. The van der Waals surface area contributed by atoms with Gasteiger partial charge in [-0.2, -0.15) is 4.68 Å². The SMILES string of the molecule is CCOC(=O)C1CCN(Cn2nnn(-c3cccc(Cl)c3)c2=S)CC1. The molecule has 2 heterocycles. The number of ether oxygens (including phenoxy) is 1. The number of halogens is 1. The Kier molecular flexibility index (Phi) is 5.82. The Morgan fingerprint density at radius 1 is 1.36 bits per heavy atom. The van der Waals surface area contributed by atoms with Gasteiger partial charge < -0.3 is 4.74 Å². The van der Waals surface area contributed by atoms with Crippen LogP contribution in [-0.2, 0) is 16.2 Å². The number of carbonyl (C=O) groups excluding carboxylic acids is 1. The lowest BCUT2D eigenvalue weighted by Gasteiger charge is -2.30. The fourth-order valence-corrected chi connectivity index (χ4v) is 3.31. The lowest BCUT2D eigenvalue weighted by atomic mass is 9.97. The monoisotopic (exact) mass is 381 g/mol. The topological polar surface area (TPSA) is 65.2 Å². The van der Waals surface area contributed by atoms with Crippen LogP contribution in [0.1, 0.15) is 19.8 Å². The minimum absolute atomic E-state index is 0.00804. The van der Waals surface area contributed by atoms with Gasteiger partial charge >= 0.3 is 5.97 Å². The van der Waals surface area contributed by atoms with Crippen molar-refractivity contribution in [2.24, 2.45) is 5.92 Å². The van der Waals surface area contributed by atoms with Gasteiger partial charge in [-0.1, -0.05) is 17.7 Å². The van der Waals surface area contributed by atoms with E-state index in [1.807, 2.05) is 19.1 Å². The van der Waals surface area contributed by atoms with Gasteiger partial charge in [-0.05, 0) is 60.6 Å². The van der Waals surface area contributed by atoms with Crippen LogP contribution in [0.2, 0.25) is 5.02 Å². The molecule has 0 radical (unpaired) electrons. The van der Waals surface area contributed by atoms with Crippen LogP contribution in [-0.4, -0.2) is 50.4 Å². The van der Waals surface area contributed by atoms with E-state index in [0.717, 1.165) is 31.6 Å². The second-order valence-electron chi connectivity index (χ2n) is 5.94. The zero-order valence-corrected chi connectivity index (χ0v) is 15.5. The highest BCUT2D eigenvalue weighted by Crippen LogP contribution is 2.19. The summed E-state index contributed by atoms with van der Waals surface area (Å²) in [6, 6.07) is 7.32. The molecule has 1 aromatic carbocycles. The summed E-state index contributed by atoms with van der Waals surface area (Å²) in [5.41, 5.74) is 0.782. The lowest BCUT2D eigenvalue weighted by Crippen LogP contribution is -2.38. The first-order chi connectivity index (χ1) is 12.1. The summed E-state index contributed by atoms with van der Waals surface area (Å²) in [5.74, 6) is -0.100. The Morgan fingerprint density at radius 3 is 2.80 bits per heavy atom. The summed E-state index contributed by atoms with van der Waals surface area (Å²) < 4.78 is 8.88. The number of tetrazole rings is 1. The molecule has 25 heavy (non-hydrogen) atoms. The number of nitrogens with zero attached hydrogens (tertiary/aromatic N) is 5. The molecule has 0 amide bonds. The van der Waals surface area contributed by atoms with Crippen molar-refractivity contribution in [1.82, 2.24) is 24.7 Å². The maximum absolute atomic E-state index is 11.8. The zero-order valence-electron chi connectivity index (χ0n) is 14.0. The number of hydrogen-bond acceptors (Lipinski definition) is 6. The smallest absolute Gasteiger partial charge is 0.309 e. The van der Waals surface area contributed by atoms with Crippen molar-refractivity contribution in [2.75, 3.05) is 19.7 Å². The van der Waals surface area contributed by atoms with E-state index in [1.54, 1.807) is 21.5 Å². The third kappa shape index (κ3) is 4.26. The molecule has 0 saturated carbocycles. The predicted molar refractivity (Wildman–Crippen MR) is 96.1 cm³/mol. The maximum Gasteiger partial charge on any atom is 0.309 e. The lowest BCUT2D eigenvalue weighted by molar-refractivity contribution is -0.149. The summed E-state index contributed by atoms with van der Waals surface area (Å²) >= 11 is 11.5. The van der Waals surface area contributed by atoms with Gasteiger partial charge in [0, 0.05) is 18.1 Å². The Labute approximate surface area is 156 Å². The molecule has 1 aromatic heterocycles. The Morgan fingerprint density at radius 2 is 2.12 bits per heavy atom. The number of aromatic nitrogens is 4. The molecule has 1 aliphatic rings. The Hall–Kier alpha value is -1.77. The number of esters is 1. The average Bonchev–Trinajstić information content (AvgIpc) is 2.96. The standard InChI is InChI=1S/C16H20ClN5O2S/c1-2-24-15(23)12-6-8-20(9-7-12)11-21-16(25)22(19-18-21)14-5-3-4-13(17)10-14/h3-5,10,12H,2,6-9,11H2,1H3. The maximum atomic E-state index is 11.8. The van der Waals surface area contributed by atoms with E-state index in [1.165, 1.54) is 0 Å². The molecule has 1 saturated heterocycles. The van der Waals surface area contributed by atoms with Crippen LogP contribution < -0.4 is 0 Å². The third-order valence-corrected chi connectivity index (χ3v) is 4.85. The summed E-state index contributed by atoms with van der Waals surface area (Å²) in [6.07, 6.45) is 1.57. The molecule has 0 atom stereocenters. The first kappa shape index (κ1) is 18.0. The van der Waals surface area contributed by atoms with Crippen LogP contribution in [0.4, 0.5) is 0 Å². The van der Waals surface area contributed by atoms with Crippen LogP contribution in [0.15, 0.2) is 24.3 Å². The normalized spacial score (nSPS) is 16.1. The number of hydrogen-bond donors (Lipinski definition) is 0. The van der Waals surface area contributed by atoms with Crippen molar-refractivity contribution in [3.05, 3.63) is 34.1 Å². The van der Waals surface area contributed by atoms with Gasteiger partial charge in [0.15, 0.2) is 0 Å². The van der Waals surface area contributed by atoms with Gasteiger partial charge in [0.05, 0.1) is 24.9 Å². The first-order valence-corrected chi connectivity index (χ1v) is 9.05. The quantitative estimate of drug-likeness (QED) is 0.586. The molecule has 0 aliphatic carbocycles. The second kappa shape index (κ2) is 8.07. The van der Waals surface area contributed by atoms with Gasteiger partial charge in [-0.3, -0.25) is 9.69 Å². The van der Waals surface area contributed by atoms with E-state index < -0.39 is 0 Å². The van der Waals surface area contributed by atoms with Gasteiger partial charge in [-0.15, -0.1) is 0 Å². The summed E-state index contributed by atoms with van der Waals surface area (Å²) in [6.45, 7) is 4.42. The van der Waals surface area contributed by atoms with Crippen molar-refractivity contribution < 1.29 is 9.53 Å². The molecule has 1 aliphatic heterocycles. The van der Waals surface area contributed by atoms with E-state index in [0.29, 0.717) is 23.1 Å². The highest BCUT2D eigenvalue weighted by atomic mass is 35.5. The van der Waals surface area contributed by atoms with Gasteiger partial charge in [0.2, 0.25) is 4.77 Å². The molecule has 9 heteroatoms. The number of piperidine rings is 1. The van der Waals surface area contributed by atoms with Crippen LogP contribution in [0.5, 0.6) is 0 Å². The molecule has 0 spiro atoms. The first-order valence-electron chi connectivity index (χ1n) is 8.26. The average molecular weight is 382 g/mol. The van der Waals surface area contributed by atoms with Crippen LogP contribution in [0.25, 0.3) is 5.69 Å². The minimum Gasteiger partial charge on any atom is -0.466 e. The molecule has 0 N–H and O–H groups in total. The molecular weight excluding hydrogens is 362 g/mol. The number of likely N-dealkylation sites (tertiary alicyclic amines) is 1. The van der Waals surface area contributed by atoms with E-state index in [9.17, 15) is 4.79 Å². The highest BCUT2D eigenvalue weighted by molar-refractivity contribution is 7.71. The van der Waals surface area contributed by atoms with Crippen molar-refractivity contribution >= 4 is 29.8 Å². The number of rotatable bonds is 5. The molecule has 0 bridgehead atoms. The van der Waals surface area contributed by atoms with Crippen LogP contribution in [0, 0.1) is 10.7 Å². The number of carbonyl (C=O) groups is 1. The fraction of sp³-hybridized carbons (Fsp3) is 0.500. The van der Waals surface area contributed by atoms with Crippen LogP contribution >= 0.6 is 23.8 Å². The highest BCUT2D eigenvalue weighted by Gasteiger charge is 2.26. The zero-order chi connectivity index (χ0) is 17.8. The number of benzene rings is 1. The van der Waals surface area contributed by atoms with E-state index in [2.05, 4.69) is 15.3 Å². The van der Waals surface area contributed by atoms with Crippen molar-refractivity contribution in [2.45, 2.75) is 26.4 Å². The molecule has 1 fully saturated rings. The predicted octanol–water partition coefficient (Wildman–Crippen LogP) is 2.68. The minimum atomic E-state index is -0.0920. The molecule has 0 unspecified atom stereocenters. The molecule has 134 valence electrons. The van der Waals surface area contributed by atoms with E-state index >= 15 is 0 Å². The second-order valence-corrected chi connectivity index (χ2v) is 6.74. The third-order valence-electron chi connectivity index (χ3n) is 4.23. The summed E-state index contributed by atoms with van der Waals surface area (Å²) in [7, 11) is 0. The molecular formula is C16H20ClN5O2S. The summed E-state index contributed by atoms with van der Waals surface area (Å²) in [5, 5.41) is 8.90. The van der Waals surface area contributed by atoms with Crippen molar-refractivity contribution in [1.29, 1.82) is 0 Å².